The van der Waals surface area contributed by atoms with Crippen LogP contribution in [0.25, 0.3) is 0 Å². The van der Waals surface area contributed by atoms with Gasteiger partial charge in [0.05, 0.1) is 29.2 Å². The summed E-state index contributed by atoms with van der Waals surface area (Å²) < 4.78 is 10.6. The number of nitrogens with two attached hydrogens (primary N) is 1. The molecule has 0 saturated carbocycles. The normalized spacial score (nSPS) is 12.5. The molecule has 7 aromatic rings. The van der Waals surface area contributed by atoms with E-state index in [2.05, 4.69) is 37.8 Å². The third kappa shape index (κ3) is 14.5. The number of hydrogen-bond donors (Lipinski definition) is 6. The van der Waals surface area contributed by atoms with Gasteiger partial charge in [-0.15, -0.1) is 0 Å². The highest BCUT2D eigenvalue weighted by molar-refractivity contribution is 5.98. The van der Waals surface area contributed by atoms with Crippen LogP contribution >= 0.6 is 0 Å². The van der Waals surface area contributed by atoms with Gasteiger partial charge in [-0.1, -0.05) is 141 Å². The number of nitrogens with zero attached hydrogens (tertiary/aromatic N) is 4. The number of nitrogens with one attached hydrogen (secondary N) is 2. The fourth-order valence-electron chi connectivity index (χ4n) is 7.19. The number of hydrogen-bond acceptors (Lipinski definition) is 13. The molecule has 7 rings (SSSR count). The summed E-state index contributed by atoms with van der Waals surface area (Å²) in [5.74, 6) is -2.47. The van der Waals surface area contributed by atoms with Crippen LogP contribution in [-0.4, -0.2) is 71.1 Å². The molecular formula is C54H57N7O11. The second kappa shape index (κ2) is 25.8. The number of aromatic carboxylic acids is 3. The highest BCUT2D eigenvalue weighted by Crippen LogP contribution is 2.37. The molecule has 0 fully saturated rings. The molecule has 374 valence electrons. The highest BCUT2D eigenvalue weighted by Gasteiger charge is 2.38. The zero-order valence-corrected chi connectivity index (χ0v) is 40.4. The van der Waals surface area contributed by atoms with Crippen LogP contribution in [0.15, 0.2) is 149 Å². The SMILES string of the molecule is CC[C@H](C)c1noc([C@@H](N)CC(=O)NC(c2ccccc2)(c2ccccc2)c2ccccc2)n1.CC[C@H](C)c1noc([C@H](CC(C)=O)NC(=O)c2cccc(C(=O)O)c2)n1.O=C(O)c1cccc(C(=O)O)c1. The first-order chi connectivity index (χ1) is 34.5. The van der Waals surface area contributed by atoms with Gasteiger partial charge < -0.3 is 40.7 Å². The fourth-order valence-corrected chi connectivity index (χ4v) is 7.19. The van der Waals surface area contributed by atoms with Crippen LogP contribution in [0.3, 0.4) is 0 Å². The Balaban J connectivity index is 0.000000223. The molecule has 72 heavy (non-hydrogen) atoms. The molecule has 2 aromatic heterocycles. The molecule has 7 N–H and O–H groups in total. The Hall–Kier alpha value is -8.64. The number of benzene rings is 5. The van der Waals surface area contributed by atoms with Crippen molar-refractivity contribution in [3.05, 3.63) is 202 Å². The third-order valence-electron chi connectivity index (χ3n) is 11.5. The zero-order valence-electron chi connectivity index (χ0n) is 40.4. The number of rotatable bonds is 19. The minimum absolute atomic E-state index is 0.00221. The number of Topliss-reactive ketones (excluding diaryl/α,β-unsaturated/α-hetero) is 1. The van der Waals surface area contributed by atoms with Crippen LogP contribution in [0.2, 0.25) is 0 Å². The van der Waals surface area contributed by atoms with E-state index in [9.17, 15) is 28.8 Å². The smallest absolute Gasteiger partial charge is 0.335 e. The summed E-state index contributed by atoms with van der Waals surface area (Å²) in [5, 5.41) is 40.0. The highest BCUT2D eigenvalue weighted by atomic mass is 16.5. The fraction of sp³-hybridized carbons (Fsp3) is 0.259. The second-order valence-corrected chi connectivity index (χ2v) is 16.8. The maximum atomic E-state index is 13.5. The molecule has 18 heteroatoms. The summed E-state index contributed by atoms with van der Waals surface area (Å²) in [6.07, 6.45) is 1.72. The van der Waals surface area contributed by atoms with E-state index in [0.717, 1.165) is 35.6 Å². The van der Waals surface area contributed by atoms with E-state index in [-0.39, 0.29) is 70.4 Å². The topological polar surface area (TPSA) is 291 Å². The Morgan fingerprint density at radius 2 is 0.958 bits per heavy atom. The van der Waals surface area contributed by atoms with Gasteiger partial charge in [-0.3, -0.25) is 14.4 Å². The summed E-state index contributed by atoms with van der Waals surface area (Å²) in [6.45, 7) is 9.43. The zero-order chi connectivity index (χ0) is 52.4. The molecule has 0 aliphatic carbocycles. The maximum Gasteiger partial charge on any atom is 0.335 e. The monoisotopic (exact) mass is 979 g/mol. The number of carboxylic acids is 3. The van der Waals surface area contributed by atoms with Crippen molar-refractivity contribution in [2.75, 3.05) is 0 Å². The van der Waals surface area contributed by atoms with Crippen LogP contribution < -0.4 is 16.4 Å². The quantitative estimate of drug-likeness (QED) is 0.0412. The molecular weight excluding hydrogens is 923 g/mol. The summed E-state index contributed by atoms with van der Waals surface area (Å²) in [5.41, 5.74) is 8.41. The van der Waals surface area contributed by atoms with Crippen LogP contribution in [0.5, 0.6) is 0 Å². The van der Waals surface area contributed by atoms with Gasteiger partial charge in [0.15, 0.2) is 11.6 Å². The molecule has 0 radical (unpaired) electrons. The number of carboxylic acid groups (broad SMARTS) is 3. The van der Waals surface area contributed by atoms with E-state index >= 15 is 0 Å². The lowest BCUT2D eigenvalue weighted by Crippen LogP contribution is -2.48. The lowest BCUT2D eigenvalue weighted by molar-refractivity contribution is -0.123. The molecule has 4 atom stereocenters. The number of carbonyl (C=O) groups is 6. The first-order valence-electron chi connectivity index (χ1n) is 23.1. The van der Waals surface area contributed by atoms with Crippen LogP contribution in [0.4, 0.5) is 0 Å². The van der Waals surface area contributed by atoms with Gasteiger partial charge in [-0.25, -0.2) is 14.4 Å². The molecule has 5 aromatic carbocycles. The molecule has 0 aliphatic rings. The summed E-state index contributed by atoms with van der Waals surface area (Å²) >= 11 is 0. The van der Waals surface area contributed by atoms with Gasteiger partial charge in [0.1, 0.15) is 17.4 Å². The average molecular weight is 980 g/mol. The lowest BCUT2D eigenvalue weighted by atomic mass is 9.77. The minimum atomic E-state index is -1.13. The van der Waals surface area contributed by atoms with Gasteiger partial charge in [-0.05, 0) is 72.9 Å². The number of ketones is 1. The van der Waals surface area contributed by atoms with Crippen LogP contribution in [0, 0.1) is 0 Å². The van der Waals surface area contributed by atoms with Crippen molar-refractivity contribution in [3.63, 3.8) is 0 Å². The van der Waals surface area contributed by atoms with Crippen LogP contribution in [0.1, 0.15) is 166 Å². The molecule has 2 amide bonds. The Morgan fingerprint density at radius 3 is 1.36 bits per heavy atom. The Bertz CT molecular complexity index is 2800. The van der Waals surface area contributed by atoms with Crippen molar-refractivity contribution in [3.8, 4) is 0 Å². The van der Waals surface area contributed by atoms with E-state index < -0.39 is 41.4 Å². The molecule has 0 unspecified atom stereocenters. The predicted molar refractivity (Wildman–Crippen MR) is 264 cm³/mol. The third-order valence-corrected chi connectivity index (χ3v) is 11.5. The minimum Gasteiger partial charge on any atom is -0.478 e. The van der Waals surface area contributed by atoms with E-state index in [1.165, 1.54) is 49.4 Å². The molecule has 0 spiro atoms. The van der Waals surface area contributed by atoms with Crippen molar-refractivity contribution < 1.29 is 53.1 Å². The van der Waals surface area contributed by atoms with E-state index in [0.29, 0.717) is 11.6 Å². The van der Waals surface area contributed by atoms with Gasteiger partial charge in [-0.2, -0.15) is 9.97 Å². The second-order valence-electron chi connectivity index (χ2n) is 16.8. The van der Waals surface area contributed by atoms with Gasteiger partial charge in [0.25, 0.3) is 5.91 Å². The van der Waals surface area contributed by atoms with Crippen molar-refractivity contribution in [1.29, 1.82) is 0 Å². The van der Waals surface area contributed by atoms with Crippen LogP contribution in [-0.2, 0) is 15.1 Å². The lowest BCUT2D eigenvalue weighted by Gasteiger charge is -2.37. The molecule has 0 bridgehead atoms. The molecule has 0 aliphatic heterocycles. The number of carbonyl (C=O) groups excluding carboxylic acids is 3. The summed E-state index contributed by atoms with van der Waals surface area (Å²) in [4.78, 5) is 78.0. The molecule has 0 saturated heterocycles. The van der Waals surface area contributed by atoms with E-state index in [1.54, 1.807) is 0 Å². The van der Waals surface area contributed by atoms with Gasteiger partial charge in [0, 0.05) is 23.8 Å². The Kier molecular flexibility index (Phi) is 19.5. The number of amides is 2. The van der Waals surface area contributed by atoms with Gasteiger partial charge >= 0.3 is 17.9 Å². The van der Waals surface area contributed by atoms with Crippen molar-refractivity contribution in [2.45, 2.75) is 89.8 Å². The van der Waals surface area contributed by atoms with E-state index in [4.69, 9.17) is 30.1 Å². The summed E-state index contributed by atoms with van der Waals surface area (Å²) in [7, 11) is 0. The van der Waals surface area contributed by atoms with E-state index in [1.807, 2.05) is 112 Å². The largest absolute Gasteiger partial charge is 0.478 e. The van der Waals surface area contributed by atoms with Crippen molar-refractivity contribution in [2.24, 2.45) is 5.73 Å². The predicted octanol–water partition coefficient (Wildman–Crippen LogP) is 8.90. The van der Waals surface area contributed by atoms with Crippen molar-refractivity contribution >= 4 is 35.5 Å². The molecule has 2 heterocycles. The summed E-state index contributed by atoms with van der Waals surface area (Å²) in [6, 6.07) is 39.2. The standard InChI is InChI=1S/C28H30N4O2.C18H21N3O5.C8H6O4/c1-3-20(2)26-30-27(34-32-26)24(29)19-25(33)31-28(21-13-7-4-8-14-21,22-15-9-5-10-16-22)23-17-11-6-12-18-23;1-4-10(2)15-20-17(26-21-15)14(8-11(3)22)19-16(23)12-6-5-7-13(9-12)18(24)25;9-7(10)5-2-1-3-6(4-5)8(11)12/h4-18,20,24H,3,19,29H2,1-2H3,(H,31,33);5-7,9-10,14H,4,8H2,1-3H3,(H,19,23)(H,24,25);1-4H,(H,9,10)(H,11,12)/t20-,24-;10-,14-;/m00./s1. The first kappa shape index (κ1) is 54.3. The Labute approximate surface area is 415 Å². The Morgan fingerprint density at radius 1 is 0.569 bits per heavy atom. The first-order valence-corrected chi connectivity index (χ1v) is 23.1. The van der Waals surface area contributed by atoms with Crippen molar-refractivity contribution in [1.82, 2.24) is 30.9 Å². The molecule has 18 nitrogen and oxygen atoms in total. The maximum absolute atomic E-state index is 13.5. The van der Waals surface area contributed by atoms with Gasteiger partial charge in [0.2, 0.25) is 17.7 Å². The average Bonchev–Trinajstić information content (AvgIpc) is 4.11. The number of aromatic nitrogens is 4.